The van der Waals surface area contributed by atoms with Crippen LogP contribution in [0.3, 0.4) is 0 Å². The van der Waals surface area contributed by atoms with E-state index < -0.39 is 0 Å². The molecule has 0 bridgehead atoms. The van der Waals surface area contributed by atoms with E-state index >= 15 is 0 Å². The van der Waals surface area contributed by atoms with E-state index in [0.717, 1.165) is 0 Å². The summed E-state index contributed by atoms with van der Waals surface area (Å²) in [4.78, 5) is 0. The minimum atomic E-state index is 0.590. The summed E-state index contributed by atoms with van der Waals surface area (Å²) in [7, 11) is 1.18. The molecule has 1 rings (SSSR count). The van der Waals surface area contributed by atoms with Crippen LogP contribution in [0.2, 0.25) is 12.1 Å². The first-order valence-electron chi connectivity index (χ1n) is 4.00. The minimum absolute atomic E-state index is 0.590. The van der Waals surface area contributed by atoms with Gasteiger partial charge in [0.05, 0.1) is 0 Å². The Labute approximate surface area is 56.5 Å². The molecule has 0 amide bonds. The van der Waals surface area contributed by atoms with Crippen molar-refractivity contribution in [3.63, 3.8) is 0 Å². The molecule has 0 N–H and O–H groups in total. The topological polar surface area (TPSA) is 0 Å². The molecular weight excluding hydrogens is 128 g/mol. The molecule has 8 heavy (non-hydrogen) atoms. The van der Waals surface area contributed by atoms with Gasteiger partial charge in [-0.1, -0.05) is 37.8 Å². The highest BCUT2D eigenvalue weighted by Gasteiger charge is 1.96. The Hall–Kier alpha value is 0.434. The Morgan fingerprint density at radius 1 is 0.625 bits per heavy atom. The van der Waals surface area contributed by atoms with Gasteiger partial charge in [-0.25, -0.2) is 0 Å². The molecule has 0 spiro atoms. The Bertz CT molecular complexity index is 30.5. The smallest absolute Gasteiger partial charge is 0.00797 e. The van der Waals surface area contributed by atoms with Gasteiger partial charge >= 0.3 is 0 Å². The highest BCUT2D eigenvalue weighted by molar-refractivity contribution is 7.00. The lowest BCUT2D eigenvalue weighted by Gasteiger charge is -2.04. The Balaban J connectivity index is 2.00. The third-order valence-electron chi connectivity index (χ3n) is 2.00. The van der Waals surface area contributed by atoms with Gasteiger partial charge < -0.3 is 0 Å². The molecule has 1 heterocycles. The van der Waals surface area contributed by atoms with E-state index in [1.165, 1.54) is 0 Å². The van der Waals surface area contributed by atoms with Crippen LogP contribution in [-0.4, -0.2) is 18.1 Å². The summed E-state index contributed by atoms with van der Waals surface area (Å²) in [6.45, 7) is 0. The van der Waals surface area contributed by atoms with Gasteiger partial charge in [0.1, 0.15) is 0 Å². The predicted octanol–water partition coefficient (Wildman–Crippen LogP) is 0.650. The average Bonchev–Trinajstić information content (AvgIpc) is 1.62. The molecule has 48 valence electrons. The molecule has 1 aliphatic rings. The molecule has 0 unspecified atom stereocenters. The second-order valence-electron chi connectivity index (χ2n) is 2.83. The fraction of sp³-hybridized carbons (Fsp3) is 1.00. The van der Waals surface area contributed by atoms with Crippen LogP contribution in [0.5, 0.6) is 0 Å². The average molecular weight is 144 g/mol. The van der Waals surface area contributed by atoms with Gasteiger partial charge in [0.15, 0.2) is 0 Å². The zero-order valence-electron chi connectivity index (χ0n) is 5.66. The molecule has 2 heteroatoms. The van der Waals surface area contributed by atoms with E-state index in [1.54, 1.807) is 37.8 Å². The maximum absolute atomic E-state index is 1.70. The molecule has 0 radical (unpaired) electrons. The van der Waals surface area contributed by atoms with Crippen molar-refractivity contribution in [2.45, 2.75) is 37.8 Å². The Morgan fingerprint density at radius 2 is 1.12 bits per heavy atom. The van der Waals surface area contributed by atoms with Crippen molar-refractivity contribution < 1.29 is 0 Å². The molecule has 1 saturated heterocycles. The van der Waals surface area contributed by atoms with Crippen LogP contribution in [0, 0.1) is 0 Å². The molecule has 0 atom stereocenters. The maximum Gasteiger partial charge on any atom is 0.00797 e. The van der Waals surface area contributed by atoms with Crippen molar-refractivity contribution in [3.8, 4) is 0 Å². The van der Waals surface area contributed by atoms with Crippen molar-refractivity contribution in [2.24, 2.45) is 0 Å². The third-order valence-corrected chi connectivity index (χ3v) is 9.00. The molecule has 0 aromatic carbocycles. The molecule has 0 aliphatic carbocycles. The van der Waals surface area contributed by atoms with Crippen molar-refractivity contribution in [1.82, 2.24) is 0 Å². The minimum Gasteiger partial charge on any atom is -0.0652 e. The molecule has 0 saturated carbocycles. The van der Waals surface area contributed by atoms with Crippen LogP contribution >= 0.6 is 0 Å². The normalized spacial score (nSPS) is 30.0. The van der Waals surface area contributed by atoms with Crippen molar-refractivity contribution >= 4 is 18.1 Å². The standard InChI is InChI=1S/C6H16Si2/c1-2-4-6-8-7-5-3-1/h1-8H2. The predicted molar refractivity (Wildman–Crippen MR) is 45.2 cm³/mol. The Morgan fingerprint density at radius 3 is 1.62 bits per heavy atom. The highest BCUT2D eigenvalue weighted by atomic mass is 29.1. The number of rotatable bonds is 0. The van der Waals surface area contributed by atoms with Crippen LogP contribution in [0.1, 0.15) is 25.7 Å². The first-order valence-corrected chi connectivity index (χ1v) is 10.00. The van der Waals surface area contributed by atoms with E-state index in [0.29, 0.717) is 18.1 Å². The second-order valence-corrected chi connectivity index (χ2v) is 9.90. The highest BCUT2D eigenvalue weighted by Crippen LogP contribution is 2.08. The fourth-order valence-corrected chi connectivity index (χ4v) is 7.78. The molecular formula is C6H16Si2. The molecule has 1 fully saturated rings. The van der Waals surface area contributed by atoms with Crippen molar-refractivity contribution in [3.05, 3.63) is 0 Å². The summed E-state index contributed by atoms with van der Waals surface area (Å²) in [5.41, 5.74) is 0. The van der Waals surface area contributed by atoms with E-state index in [9.17, 15) is 0 Å². The van der Waals surface area contributed by atoms with Crippen molar-refractivity contribution in [2.75, 3.05) is 0 Å². The summed E-state index contributed by atoms with van der Waals surface area (Å²) in [6.07, 6.45) is 6.31. The lowest BCUT2D eigenvalue weighted by atomic mass is 10.2. The van der Waals surface area contributed by atoms with Crippen molar-refractivity contribution in [1.29, 1.82) is 0 Å². The SMILES string of the molecule is C1CCC[SiH2][SiH2]CC1. The van der Waals surface area contributed by atoms with Gasteiger partial charge in [0, 0.05) is 18.1 Å². The monoisotopic (exact) mass is 144 g/mol. The van der Waals surface area contributed by atoms with Crippen LogP contribution in [-0.2, 0) is 0 Å². The summed E-state index contributed by atoms with van der Waals surface area (Å²) in [5.74, 6) is 0. The molecule has 0 nitrogen and oxygen atoms in total. The first-order chi connectivity index (χ1) is 4.00. The summed E-state index contributed by atoms with van der Waals surface area (Å²) in [5, 5.41) is 0. The lowest BCUT2D eigenvalue weighted by molar-refractivity contribution is 0.696. The quantitative estimate of drug-likeness (QED) is 0.438. The largest absolute Gasteiger partial charge is 0.0652 e. The van der Waals surface area contributed by atoms with Gasteiger partial charge in [-0.05, 0) is 0 Å². The summed E-state index contributed by atoms with van der Waals surface area (Å²) in [6, 6.07) is 3.40. The summed E-state index contributed by atoms with van der Waals surface area (Å²) >= 11 is 0. The van der Waals surface area contributed by atoms with E-state index in [2.05, 4.69) is 0 Å². The lowest BCUT2D eigenvalue weighted by Crippen LogP contribution is -2.04. The zero-order valence-corrected chi connectivity index (χ0v) is 8.49. The van der Waals surface area contributed by atoms with Gasteiger partial charge in [0.25, 0.3) is 0 Å². The second kappa shape index (κ2) is 4.33. The number of hydrogen-bond acceptors (Lipinski definition) is 0. The fourth-order valence-electron chi connectivity index (χ4n) is 1.41. The van der Waals surface area contributed by atoms with Gasteiger partial charge in [-0.2, -0.15) is 0 Å². The van der Waals surface area contributed by atoms with Crippen LogP contribution in [0.25, 0.3) is 0 Å². The van der Waals surface area contributed by atoms with E-state index in [1.807, 2.05) is 0 Å². The number of hydrogen-bond donors (Lipinski definition) is 0. The van der Waals surface area contributed by atoms with E-state index in [-0.39, 0.29) is 0 Å². The first kappa shape index (κ1) is 6.55. The Kier molecular flexibility index (Phi) is 3.54. The maximum atomic E-state index is 1.70. The van der Waals surface area contributed by atoms with Crippen LogP contribution in [0.15, 0.2) is 0 Å². The van der Waals surface area contributed by atoms with Crippen LogP contribution < -0.4 is 0 Å². The summed E-state index contributed by atoms with van der Waals surface area (Å²) < 4.78 is 0. The molecule has 0 aromatic rings. The van der Waals surface area contributed by atoms with E-state index in [4.69, 9.17) is 0 Å². The molecule has 1 aliphatic heterocycles. The van der Waals surface area contributed by atoms with Crippen LogP contribution in [0.4, 0.5) is 0 Å². The molecule has 0 aromatic heterocycles. The zero-order chi connectivity index (χ0) is 5.66. The van der Waals surface area contributed by atoms with Gasteiger partial charge in [-0.15, -0.1) is 0 Å². The third kappa shape index (κ3) is 2.67. The van der Waals surface area contributed by atoms with Gasteiger partial charge in [-0.3, -0.25) is 0 Å². The van der Waals surface area contributed by atoms with Gasteiger partial charge in [0.2, 0.25) is 0 Å².